The van der Waals surface area contributed by atoms with Crippen molar-refractivity contribution in [3.05, 3.63) is 46.6 Å². The largest absolute Gasteiger partial charge is 0.321 e. The van der Waals surface area contributed by atoms with Crippen LogP contribution in [0, 0.1) is 6.92 Å². The van der Waals surface area contributed by atoms with Crippen molar-refractivity contribution < 1.29 is 4.52 Å². The Morgan fingerprint density at radius 3 is 2.93 bits per heavy atom. The van der Waals surface area contributed by atoms with Gasteiger partial charge in [0.2, 0.25) is 0 Å². The molecule has 0 atom stereocenters. The van der Waals surface area contributed by atoms with Gasteiger partial charge in [0.1, 0.15) is 0 Å². The molecule has 1 heterocycles. The van der Waals surface area contributed by atoms with Crippen molar-refractivity contribution in [3.63, 3.8) is 0 Å². The highest BCUT2D eigenvalue weighted by molar-refractivity contribution is 6.27. The van der Waals surface area contributed by atoms with Crippen molar-refractivity contribution in [1.29, 1.82) is 0 Å². The van der Waals surface area contributed by atoms with Crippen LogP contribution in [0.1, 0.15) is 17.0 Å². The molecule has 0 spiro atoms. The Balaban J connectivity index is 2.18. The second-order valence-corrected chi connectivity index (χ2v) is 3.45. The Kier molecular flexibility index (Phi) is 2.50. The van der Waals surface area contributed by atoms with Gasteiger partial charge in [-0.05, 0) is 24.1 Å². The molecular weight excluding hydrogens is 200 g/mol. The molecule has 1 aromatic heterocycles. The SMILES string of the molecule is Cc1cccc(Cc2noc(Cl)n2)c1. The first-order valence-electron chi connectivity index (χ1n) is 4.27. The summed E-state index contributed by atoms with van der Waals surface area (Å²) in [6.45, 7) is 2.05. The van der Waals surface area contributed by atoms with Crippen molar-refractivity contribution in [3.8, 4) is 0 Å². The molecule has 0 aliphatic rings. The smallest absolute Gasteiger partial charge is 0.320 e. The molecule has 0 amide bonds. The Labute approximate surface area is 86.7 Å². The lowest BCUT2D eigenvalue weighted by atomic mass is 10.1. The summed E-state index contributed by atoms with van der Waals surface area (Å²) in [4.78, 5) is 3.92. The predicted molar refractivity (Wildman–Crippen MR) is 53.3 cm³/mol. The fourth-order valence-electron chi connectivity index (χ4n) is 1.31. The van der Waals surface area contributed by atoms with Crippen LogP contribution in [0.25, 0.3) is 0 Å². The summed E-state index contributed by atoms with van der Waals surface area (Å²) in [6.07, 6.45) is 0.651. The summed E-state index contributed by atoms with van der Waals surface area (Å²) in [5.74, 6) is 0.612. The Morgan fingerprint density at radius 1 is 1.43 bits per heavy atom. The summed E-state index contributed by atoms with van der Waals surface area (Å²) in [5, 5.41) is 3.81. The quantitative estimate of drug-likeness (QED) is 0.762. The van der Waals surface area contributed by atoms with E-state index in [1.54, 1.807) is 0 Å². The van der Waals surface area contributed by atoms with Gasteiger partial charge >= 0.3 is 5.35 Å². The minimum atomic E-state index is 0.0904. The van der Waals surface area contributed by atoms with E-state index >= 15 is 0 Å². The lowest BCUT2D eigenvalue weighted by molar-refractivity contribution is 0.413. The van der Waals surface area contributed by atoms with Gasteiger partial charge in [0.15, 0.2) is 5.82 Å². The molecule has 72 valence electrons. The Bertz CT molecular complexity index is 439. The van der Waals surface area contributed by atoms with E-state index < -0.39 is 0 Å². The standard InChI is InChI=1S/C10H9ClN2O/c1-7-3-2-4-8(5-7)6-9-12-10(11)14-13-9/h2-5H,6H2,1H3. The van der Waals surface area contributed by atoms with Gasteiger partial charge in [0, 0.05) is 6.42 Å². The average molecular weight is 209 g/mol. The first kappa shape index (κ1) is 9.21. The molecule has 4 heteroatoms. The maximum absolute atomic E-state index is 5.52. The molecule has 0 bridgehead atoms. The zero-order valence-electron chi connectivity index (χ0n) is 7.70. The van der Waals surface area contributed by atoms with Crippen molar-refractivity contribution in [2.75, 3.05) is 0 Å². The number of rotatable bonds is 2. The van der Waals surface area contributed by atoms with Gasteiger partial charge in [-0.1, -0.05) is 35.0 Å². The Hall–Kier alpha value is -1.35. The highest BCUT2D eigenvalue weighted by Gasteiger charge is 2.04. The summed E-state index contributed by atoms with van der Waals surface area (Å²) >= 11 is 5.52. The van der Waals surface area contributed by atoms with E-state index in [0.29, 0.717) is 12.2 Å². The maximum atomic E-state index is 5.52. The van der Waals surface area contributed by atoms with E-state index in [4.69, 9.17) is 11.6 Å². The van der Waals surface area contributed by atoms with Gasteiger partial charge in [-0.25, -0.2) is 0 Å². The summed E-state index contributed by atoms with van der Waals surface area (Å²) < 4.78 is 4.67. The highest BCUT2D eigenvalue weighted by Crippen LogP contribution is 2.10. The molecule has 0 saturated carbocycles. The van der Waals surface area contributed by atoms with Crippen LogP contribution in [0.15, 0.2) is 28.8 Å². The molecule has 14 heavy (non-hydrogen) atoms. The molecule has 2 aromatic rings. The average Bonchev–Trinajstić information content (AvgIpc) is 2.51. The second-order valence-electron chi connectivity index (χ2n) is 3.13. The third-order valence-electron chi connectivity index (χ3n) is 1.89. The number of aryl methyl sites for hydroxylation is 1. The number of aromatic nitrogens is 2. The molecule has 0 N–H and O–H groups in total. The molecular formula is C10H9ClN2O. The lowest BCUT2D eigenvalue weighted by Crippen LogP contribution is -1.90. The zero-order chi connectivity index (χ0) is 9.97. The van der Waals surface area contributed by atoms with Crippen LogP contribution in [0.5, 0.6) is 0 Å². The molecule has 0 saturated heterocycles. The number of nitrogens with zero attached hydrogens (tertiary/aromatic N) is 2. The van der Waals surface area contributed by atoms with Crippen LogP contribution in [0.3, 0.4) is 0 Å². The predicted octanol–water partition coefficient (Wildman–Crippen LogP) is 2.62. The first-order chi connectivity index (χ1) is 6.74. The number of hydrogen-bond acceptors (Lipinski definition) is 3. The van der Waals surface area contributed by atoms with Crippen molar-refractivity contribution >= 4 is 11.6 Å². The molecule has 2 rings (SSSR count). The van der Waals surface area contributed by atoms with E-state index in [0.717, 1.165) is 5.56 Å². The van der Waals surface area contributed by atoms with Crippen LogP contribution >= 0.6 is 11.6 Å². The minimum absolute atomic E-state index is 0.0904. The number of hydrogen-bond donors (Lipinski definition) is 0. The van der Waals surface area contributed by atoms with E-state index in [9.17, 15) is 0 Å². The van der Waals surface area contributed by atoms with Gasteiger partial charge in [-0.3, -0.25) is 0 Å². The molecule has 0 fully saturated rings. The van der Waals surface area contributed by atoms with Crippen LogP contribution in [-0.4, -0.2) is 10.1 Å². The van der Waals surface area contributed by atoms with Gasteiger partial charge in [0.25, 0.3) is 0 Å². The van der Waals surface area contributed by atoms with Crippen LogP contribution < -0.4 is 0 Å². The van der Waals surface area contributed by atoms with Gasteiger partial charge in [0.05, 0.1) is 0 Å². The topological polar surface area (TPSA) is 38.9 Å². The minimum Gasteiger partial charge on any atom is -0.321 e. The van der Waals surface area contributed by atoms with E-state index in [2.05, 4.69) is 20.7 Å². The molecule has 3 nitrogen and oxygen atoms in total. The normalized spacial score (nSPS) is 10.4. The molecule has 0 aliphatic heterocycles. The van der Waals surface area contributed by atoms with E-state index in [-0.39, 0.29) is 5.35 Å². The van der Waals surface area contributed by atoms with Crippen molar-refractivity contribution in [1.82, 2.24) is 10.1 Å². The highest BCUT2D eigenvalue weighted by atomic mass is 35.5. The lowest BCUT2D eigenvalue weighted by Gasteiger charge is -1.97. The van der Waals surface area contributed by atoms with Gasteiger partial charge in [-0.15, -0.1) is 0 Å². The molecule has 0 radical (unpaired) electrons. The van der Waals surface area contributed by atoms with E-state index in [1.165, 1.54) is 5.56 Å². The van der Waals surface area contributed by atoms with Crippen LogP contribution in [0.4, 0.5) is 0 Å². The molecule has 0 unspecified atom stereocenters. The first-order valence-corrected chi connectivity index (χ1v) is 4.65. The van der Waals surface area contributed by atoms with E-state index in [1.807, 2.05) is 25.1 Å². The zero-order valence-corrected chi connectivity index (χ0v) is 8.45. The summed E-state index contributed by atoms with van der Waals surface area (Å²) in [5.41, 5.74) is 2.37. The fraction of sp³-hybridized carbons (Fsp3) is 0.200. The van der Waals surface area contributed by atoms with Gasteiger partial charge < -0.3 is 4.52 Å². The number of halogens is 1. The monoisotopic (exact) mass is 208 g/mol. The maximum Gasteiger partial charge on any atom is 0.320 e. The van der Waals surface area contributed by atoms with Crippen molar-refractivity contribution in [2.24, 2.45) is 0 Å². The third-order valence-corrected chi connectivity index (χ3v) is 2.04. The van der Waals surface area contributed by atoms with Crippen molar-refractivity contribution in [2.45, 2.75) is 13.3 Å². The summed E-state index contributed by atoms with van der Waals surface area (Å²) in [7, 11) is 0. The molecule has 0 aliphatic carbocycles. The fourth-order valence-corrected chi connectivity index (χ4v) is 1.44. The second kappa shape index (κ2) is 3.80. The third kappa shape index (κ3) is 2.12. The summed E-state index contributed by atoms with van der Waals surface area (Å²) in [6, 6.07) is 8.17. The van der Waals surface area contributed by atoms with Gasteiger partial charge in [-0.2, -0.15) is 4.98 Å². The molecule has 1 aromatic carbocycles. The number of benzene rings is 1. The Morgan fingerprint density at radius 2 is 2.29 bits per heavy atom. The van der Waals surface area contributed by atoms with Crippen LogP contribution in [0.2, 0.25) is 5.35 Å². The van der Waals surface area contributed by atoms with Crippen LogP contribution in [-0.2, 0) is 6.42 Å².